The van der Waals surface area contributed by atoms with Gasteiger partial charge in [-0.1, -0.05) is 12.1 Å². The fraction of sp³-hybridized carbons (Fsp3) is 0.286. The highest BCUT2D eigenvalue weighted by Crippen LogP contribution is 2.21. The van der Waals surface area contributed by atoms with Gasteiger partial charge in [-0.15, -0.1) is 0 Å². The molecule has 0 aliphatic carbocycles. The normalized spacial score (nSPS) is 10.6. The molecular formula is C14H15Br2N3O. The summed E-state index contributed by atoms with van der Waals surface area (Å²) in [5, 5.41) is 3.30. The Balaban J connectivity index is 2.11. The molecule has 0 fully saturated rings. The Hall–Kier alpha value is -1.14. The highest BCUT2D eigenvalue weighted by molar-refractivity contribution is 9.11. The lowest BCUT2D eigenvalue weighted by Gasteiger charge is -2.13. The summed E-state index contributed by atoms with van der Waals surface area (Å²) in [6, 6.07) is 7.90. The van der Waals surface area contributed by atoms with Gasteiger partial charge in [0.1, 0.15) is 0 Å². The van der Waals surface area contributed by atoms with Gasteiger partial charge in [0.15, 0.2) is 0 Å². The van der Waals surface area contributed by atoms with E-state index in [4.69, 9.17) is 0 Å². The molecule has 6 heteroatoms. The lowest BCUT2D eigenvalue weighted by Crippen LogP contribution is -2.29. The molecule has 4 nitrogen and oxygen atoms in total. The summed E-state index contributed by atoms with van der Waals surface area (Å²) in [4.78, 5) is 15.9. The fourth-order valence-electron chi connectivity index (χ4n) is 1.95. The molecule has 0 radical (unpaired) electrons. The Morgan fingerprint density at radius 3 is 2.65 bits per heavy atom. The van der Waals surface area contributed by atoms with Crippen LogP contribution in [-0.4, -0.2) is 16.1 Å². The minimum Gasteiger partial charge on any atom is -0.382 e. The molecule has 106 valence electrons. The van der Waals surface area contributed by atoms with Gasteiger partial charge < -0.3 is 5.32 Å². The molecule has 1 N–H and O–H groups in total. The number of hydrogen-bond acceptors (Lipinski definition) is 3. The fourth-order valence-corrected chi connectivity index (χ4v) is 2.67. The van der Waals surface area contributed by atoms with E-state index in [2.05, 4.69) is 42.2 Å². The van der Waals surface area contributed by atoms with E-state index in [1.54, 1.807) is 4.57 Å². The van der Waals surface area contributed by atoms with Crippen molar-refractivity contribution in [3.8, 4) is 0 Å². The number of hydrogen-bond donors (Lipinski definition) is 1. The van der Waals surface area contributed by atoms with Gasteiger partial charge in [0.2, 0.25) is 0 Å². The standard InChI is InChI=1S/C14H15Br2N3O/c1-9-13(16)10(2)19(14(20)18-9)8-7-17-12-6-4-3-5-11(12)15/h3-6,17H,7-8H2,1-2H3. The molecule has 20 heavy (non-hydrogen) atoms. The van der Waals surface area contributed by atoms with Crippen molar-refractivity contribution in [2.75, 3.05) is 11.9 Å². The van der Waals surface area contributed by atoms with Crippen LogP contribution in [0.3, 0.4) is 0 Å². The number of benzene rings is 1. The number of para-hydroxylation sites is 1. The molecule has 0 spiro atoms. The smallest absolute Gasteiger partial charge is 0.348 e. The van der Waals surface area contributed by atoms with Crippen molar-refractivity contribution in [2.45, 2.75) is 20.4 Å². The van der Waals surface area contributed by atoms with Crippen LogP contribution < -0.4 is 11.0 Å². The van der Waals surface area contributed by atoms with Gasteiger partial charge in [-0.3, -0.25) is 4.57 Å². The van der Waals surface area contributed by atoms with Crippen LogP contribution in [0, 0.1) is 13.8 Å². The minimum absolute atomic E-state index is 0.211. The van der Waals surface area contributed by atoms with Crippen LogP contribution in [0.25, 0.3) is 0 Å². The molecule has 0 bridgehead atoms. The molecular weight excluding hydrogens is 386 g/mol. The van der Waals surface area contributed by atoms with Gasteiger partial charge in [0.25, 0.3) is 0 Å². The summed E-state index contributed by atoms with van der Waals surface area (Å²) in [7, 11) is 0. The average molecular weight is 401 g/mol. The average Bonchev–Trinajstić information content (AvgIpc) is 2.42. The first-order chi connectivity index (χ1) is 9.50. The summed E-state index contributed by atoms with van der Waals surface area (Å²) in [6.45, 7) is 4.96. The van der Waals surface area contributed by atoms with Crippen LogP contribution in [0.4, 0.5) is 5.69 Å². The molecule has 0 unspecified atom stereocenters. The molecule has 0 saturated carbocycles. The zero-order valence-corrected chi connectivity index (χ0v) is 14.5. The second-order valence-electron chi connectivity index (χ2n) is 4.44. The quantitative estimate of drug-likeness (QED) is 0.854. The Morgan fingerprint density at radius 1 is 1.25 bits per heavy atom. The predicted octanol–water partition coefficient (Wildman–Crippen LogP) is 3.50. The van der Waals surface area contributed by atoms with E-state index in [-0.39, 0.29) is 5.69 Å². The molecule has 2 rings (SSSR count). The van der Waals surface area contributed by atoms with Crippen LogP contribution in [-0.2, 0) is 6.54 Å². The van der Waals surface area contributed by atoms with Gasteiger partial charge in [-0.2, -0.15) is 4.98 Å². The zero-order valence-electron chi connectivity index (χ0n) is 11.3. The van der Waals surface area contributed by atoms with Crippen molar-refractivity contribution < 1.29 is 0 Å². The first-order valence-corrected chi connectivity index (χ1v) is 7.81. The van der Waals surface area contributed by atoms with Gasteiger partial charge in [0.05, 0.1) is 10.2 Å². The van der Waals surface area contributed by atoms with Gasteiger partial charge >= 0.3 is 5.69 Å². The molecule has 1 heterocycles. The first-order valence-electron chi connectivity index (χ1n) is 6.22. The Labute approximate surface area is 134 Å². The number of aromatic nitrogens is 2. The molecule has 0 amide bonds. The van der Waals surface area contributed by atoms with Crippen LogP contribution in [0.5, 0.6) is 0 Å². The minimum atomic E-state index is -0.211. The van der Waals surface area contributed by atoms with E-state index >= 15 is 0 Å². The van der Waals surface area contributed by atoms with E-state index in [9.17, 15) is 4.79 Å². The molecule has 1 aromatic carbocycles. The highest BCUT2D eigenvalue weighted by atomic mass is 79.9. The summed E-state index contributed by atoms with van der Waals surface area (Å²) in [5.41, 5.74) is 2.42. The zero-order chi connectivity index (χ0) is 14.7. The van der Waals surface area contributed by atoms with Gasteiger partial charge in [0, 0.05) is 28.9 Å². The Morgan fingerprint density at radius 2 is 1.95 bits per heavy atom. The van der Waals surface area contributed by atoms with Gasteiger partial charge in [-0.25, -0.2) is 4.79 Å². The molecule has 1 aromatic heterocycles. The molecule has 2 aromatic rings. The van der Waals surface area contributed by atoms with E-state index in [0.29, 0.717) is 13.1 Å². The summed E-state index contributed by atoms with van der Waals surface area (Å²) in [5.74, 6) is 0. The van der Waals surface area contributed by atoms with E-state index in [1.807, 2.05) is 38.1 Å². The monoisotopic (exact) mass is 399 g/mol. The molecule has 0 aliphatic rings. The summed E-state index contributed by atoms with van der Waals surface area (Å²) in [6.07, 6.45) is 0. The SMILES string of the molecule is Cc1nc(=O)n(CCNc2ccccc2Br)c(C)c1Br. The second-order valence-corrected chi connectivity index (χ2v) is 6.08. The summed E-state index contributed by atoms with van der Waals surface area (Å²) >= 11 is 6.94. The van der Waals surface area contributed by atoms with Crippen molar-refractivity contribution in [3.05, 3.63) is 55.1 Å². The largest absolute Gasteiger partial charge is 0.382 e. The number of nitrogens with zero attached hydrogens (tertiary/aromatic N) is 2. The molecule has 0 aliphatic heterocycles. The lowest BCUT2D eigenvalue weighted by molar-refractivity contribution is 0.643. The second kappa shape index (κ2) is 6.54. The maximum absolute atomic E-state index is 11.9. The van der Waals surface area contributed by atoms with Gasteiger partial charge in [-0.05, 0) is 57.8 Å². The van der Waals surface area contributed by atoms with Crippen molar-refractivity contribution in [1.82, 2.24) is 9.55 Å². The van der Waals surface area contributed by atoms with E-state index < -0.39 is 0 Å². The third-order valence-electron chi connectivity index (χ3n) is 3.06. The topological polar surface area (TPSA) is 46.9 Å². The number of aryl methyl sites for hydroxylation is 1. The van der Waals surface area contributed by atoms with Crippen molar-refractivity contribution in [1.29, 1.82) is 0 Å². The molecule has 0 saturated heterocycles. The number of anilines is 1. The van der Waals surface area contributed by atoms with Crippen molar-refractivity contribution in [3.63, 3.8) is 0 Å². The number of nitrogens with one attached hydrogen (secondary N) is 1. The van der Waals surface area contributed by atoms with Crippen LogP contribution >= 0.6 is 31.9 Å². The third-order valence-corrected chi connectivity index (χ3v) is 4.90. The Bertz CT molecular complexity index is 683. The maximum atomic E-state index is 11.9. The number of rotatable bonds is 4. The van der Waals surface area contributed by atoms with E-state index in [1.165, 1.54) is 0 Å². The number of halogens is 2. The predicted molar refractivity (Wildman–Crippen MR) is 88.3 cm³/mol. The maximum Gasteiger partial charge on any atom is 0.348 e. The Kier molecular flexibility index (Phi) is 4.99. The van der Waals surface area contributed by atoms with Crippen LogP contribution in [0.1, 0.15) is 11.4 Å². The first kappa shape index (κ1) is 15.3. The van der Waals surface area contributed by atoms with Crippen LogP contribution in [0.2, 0.25) is 0 Å². The van der Waals surface area contributed by atoms with Crippen molar-refractivity contribution >= 4 is 37.5 Å². The lowest BCUT2D eigenvalue weighted by atomic mass is 10.3. The van der Waals surface area contributed by atoms with Crippen molar-refractivity contribution in [2.24, 2.45) is 0 Å². The molecule has 0 atom stereocenters. The summed E-state index contributed by atoms with van der Waals surface area (Å²) < 4.78 is 3.56. The van der Waals surface area contributed by atoms with E-state index in [0.717, 1.165) is 26.0 Å². The third kappa shape index (κ3) is 3.30. The highest BCUT2D eigenvalue weighted by Gasteiger charge is 2.08. The van der Waals surface area contributed by atoms with Crippen LogP contribution in [0.15, 0.2) is 38.0 Å².